The zero-order valence-electron chi connectivity index (χ0n) is 17.6. The van der Waals surface area contributed by atoms with Crippen molar-refractivity contribution >= 4 is 35.8 Å². The van der Waals surface area contributed by atoms with Crippen LogP contribution in [-0.2, 0) is 11.2 Å². The smallest absolute Gasteiger partial charge is 0.223 e. The van der Waals surface area contributed by atoms with Gasteiger partial charge in [0.2, 0.25) is 5.91 Å². The van der Waals surface area contributed by atoms with Gasteiger partial charge in [0.15, 0.2) is 5.96 Å². The second kappa shape index (κ2) is 14.0. The maximum atomic E-state index is 11.8. The molecule has 0 bridgehead atoms. The maximum Gasteiger partial charge on any atom is 0.223 e. The molecular weight excluding hydrogens is 475 g/mol. The van der Waals surface area contributed by atoms with Gasteiger partial charge in [-0.15, -0.1) is 24.0 Å². The molecule has 2 rings (SSSR count). The Hall–Kier alpha value is -2.09. The normalized spacial score (nSPS) is 11.9. The first-order valence-electron chi connectivity index (χ1n) is 9.91. The highest BCUT2D eigenvalue weighted by atomic mass is 127. The number of benzene rings is 2. The number of halogens is 1. The molecule has 0 aliphatic carbocycles. The van der Waals surface area contributed by atoms with Crippen molar-refractivity contribution < 1.29 is 4.79 Å². The van der Waals surface area contributed by atoms with Gasteiger partial charge in [-0.05, 0) is 24.5 Å². The largest absolute Gasteiger partial charge is 0.357 e. The Labute approximate surface area is 192 Å². The van der Waals surface area contributed by atoms with E-state index in [1.165, 1.54) is 11.1 Å². The minimum atomic E-state index is 0. The molecule has 0 aromatic heterocycles. The van der Waals surface area contributed by atoms with Crippen LogP contribution in [0, 0.1) is 0 Å². The summed E-state index contributed by atoms with van der Waals surface area (Å²) in [5, 5.41) is 6.54. The van der Waals surface area contributed by atoms with Crippen molar-refractivity contribution in [3.63, 3.8) is 0 Å². The van der Waals surface area contributed by atoms with Crippen LogP contribution in [0.25, 0.3) is 0 Å². The van der Waals surface area contributed by atoms with E-state index in [1.54, 1.807) is 19.0 Å². The molecule has 2 N–H and O–H groups in total. The van der Waals surface area contributed by atoms with E-state index in [0.717, 1.165) is 18.9 Å². The highest BCUT2D eigenvalue weighted by Gasteiger charge is 2.13. The Kier molecular flexibility index (Phi) is 12.0. The van der Waals surface area contributed by atoms with Crippen molar-refractivity contribution in [2.45, 2.75) is 25.7 Å². The number of hydrogen-bond donors (Lipinski definition) is 2. The van der Waals surface area contributed by atoms with Gasteiger partial charge in [-0.25, -0.2) is 0 Å². The first-order valence-corrected chi connectivity index (χ1v) is 9.91. The molecule has 2 aromatic carbocycles. The van der Waals surface area contributed by atoms with Gasteiger partial charge in [-0.3, -0.25) is 9.79 Å². The molecule has 29 heavy (non-hydrogen) atoms. The van der Waals surface area contributed by atoms with Gasteiger partial charge in [0.25, 0.3) is 0 Å². The first-order chi connectivity index (χ1) is 13.6. The minimum Gasteiger partial charge on any atom is -0.357 e. The summed E-state index contributed by atoms with van der Waals surface area (Å²) in [6.07, 6.45) is 1.39. The Morgan fingerprint density at radius 1 is 1.00 bits per heavy atom. The molecule has 0 radical (unpaired) electrons. The average Bonchev–Trinajstić information content (AvgIpc) is 2.72. The van der Waals surface area contributed by atoms with Gasteiger partial charge in [-0.1, -0.05) is 60.7 Å². The van der Waals surface area contributed by atoms with Gasteiger partial charge in [0.05, 0.1) is 0 Å². The van der Waals surface area contributed by atoms with E-state index >= 15 is 0 Å². The van der Waals surface area contributed by atoms with E-state index in [9.17, 15) is 4.79 Å². The summed E-state index contributed by atoms with van der Waals surface area (Å²) >= 11 is 0. The maximum absolute atomic E-state index is 11.8. The van der Waals surface area contributed by atoms with Crippen molar-refractivity contribution in [2.75, 3.05) is 33.7 Å². The molecule has 1 amide bonds. The molecule has 0 aliphatic rings. The van der Waals surface area contributed by atoms with Crippen LogP contribution < -0.4 is 10.6 Å². The van der Waals surface area contributed by atoms with Gasteiger partial charge >= 0.3 is 0 Å². The molecule has 0 heterocycles. The summed E-state index contributed by atoms with van der Waals surface area (Å²) in [4.78, 5) is 18.2. The summed E-state index contributed by atoms with van der Waals surface area (Å²) in [6.45, 7) is 4.07. The SMILES string of the molecule is CCNC(=NCC(Cc1ccccc1)c1ccccc1)NCCC(=O)N(C)C.I. The topological polar surface area (TPSA) is 56.7 Å². The molecule has 0 spiro atoms. The fourth-order valence-electron chi connectivity index (χ4n) is 2.97. The summed E-state index contributed by atoms with van der Waals surface area (Å²) < 4.78 is 0. The quantitative estimate of drug-likeness (QED) is 0.309. The van der Waals surface area contributed by atoms with E-state index in [1.807, 2.05) is 19.1 Å². The molecule has 6 heteroatoms. The van der Waals surface area contributed by atoms with Crippen LogP contribution >= 0.6 is 24.0 Å². The van der Waals surface area contributed by atoms with Crippen LogP contribution in [0.3, 0.4) is 0 Å². The third-order valence-electron chi connectivity index (χ3n) is 4.54. The van der Waals surface area contributed by atoms with Crippen LogP contribution in [-0.4, -0.2) is 50.5 Å². The summed E-state index contributed by atoms with van der Waals surface area (Å²) in [5.74, 6) is 1.15. The number of carbonyl (C=O) groups excluding carboxylic acids is 1. The summed E-state index contributed by atoms with van der Waals surface area (Å²) in [6, 6.07) is 21.0. The summed E-state index contributed by atoms with van der Waals surface area (Å²) in [5.41, 5.74) is 2.59. The van der Waals surface area contributed by atoms with Crippen LogP contribution in [0.15, 0.2) is 65.7 Å². The fraction of sp³-hybridized carbons (Fsp3) is 0.391. The average molecular weight is 508 g/mol. The van der Waals surface area contributed by atoms with Gasteiger partial charge in [-0.2, -0.15) is 0 Å². The highest BCUT2D eigenvalue weighted by molar-refractivity contribution is 14.0. The number of nitrogens with one attached hydrogen (secondary N) is 2. The molecule has 0 saturated heterocycles. The lowest BCUT2D eigenvalue weighted by Crippen LogP contribution is -2.39. The zero-order valence-corrected chi connectivity index (χ0v) is 19.9. The Balaban J connectivity index is 0.00000420. The van der Waals surface area contributed by atoms with E-state index in [2.05, 4.69) is 59.2 Å². The second-order valence-electron chi connectivity index (χ2n) is 6.98. The van der Waals surface area contributed by atoms with E-state index < -0.39 is 0 Å². The van der Waals surface area contributed by atoms with Gasteiger partial charge < -0.3 is 15.5 Å². The first kappa shape index (κ1) is 24.9. The number of amides is 1. The third kappa shape index (κ3) is 9.30. The van der Waals surface area contributed by atoms with Crippen molar-refractivity contribution in [2.24, 2.45) is 4.99 Å². The van der Waals surface area contributed by atoms with Gasteiger partial charge in [0, 0.05) is 46.1 Å². The Morgan fingerprint density at radius 3 is 2.21 bits per heavy atom. The van der Waals surface area contributed by atoms with E-state index in [4.69, 9.17) is 4.99 Å². The van der Waals surface area contributed by atoms with Crippen molar-refractivity contribution in [3.8, 4) is 0 Å². The lowest BCUT2D eigenvalue weighted by Gasteiger charge is -2.18. The zero-order chi connectivity index (χ0) is 20.2. The molecule has 5 nitrogen and oxygen atoms in total. The molecule has 2 aromatic rings. The van der Waals surface area contributed by atoms with Crippen LogP contribution in [0.4, 0.5) is 0 Å². The fourth-order valence-corrected chi connectivity index (χ4v) is 2.97. The monoisotopic (exact) mass is 508 g/mol. The highest BCUT2D eigenvalue weighted by Crippen LogP contribution is 2.21. The Bertz CT molecular complexity index is 735. The van der Waals surface area contributed by atoms with Crippen LogP contribution in [0.1, 0.15) is 30.4 Å². The number of nitrogens with zero attached hydrogens (tertiary/aromatic N) is 2. The van der Waals surface area contributed by atoms with Crippen molar-refractivity contribution in [3.05, 3.63) is 71.8 Å². The van der Waals surface area contributed by atoms with Crippen LogP contribution in [0.5, 0.6) is 0 Å². The summed E-state index contributed by atoms with van der Waals surface area (Å²) in [7, 11) is 3.55. The van der Waals surface area contributed by atoms with E-state index in [0.29, 0.717) is 25.4 Å². The minimum absolute atomic E-state index is 0. The van der Waals surface area contributed by atoms with Crippen LogP contribution in [0.2, 0.25) is 0 Å². The predicted molar refractivity (Wildman–Crippen MR) is 132 cm³/mol. The number of aliphatic imine (C=N–C) groups is 1. The number of guanidine groups is 1. The van der Waals surface area contributed by atoms with Crippen molar-refractivity contribution in [1.29, 1.82) is 0 Å². The Morgan fingerprint density at radius 2 is 1.62 bits per heavy atom. The molecule has 1 atom stereocenters. The molecule has 0 aliphatic heterocycles. The van der Waals surface area contributed by atoms with Gasteiger partial charge in [0.1, 0.15) is 0 Å². The molecule has 0 saturated carbocycles. The number of hydrogen-bond acceptors (Lipinski definition) is 2. The second-order valence-corrected chi connectivity index (χ2v) is 6.98. The van der Waals surface area contributed by atoms with Crippen molar-refractivity contribution in [1.82, 2.24) is 15.5 Å². The molecule has 1 unspecified atom stereocenters. The number of rotatable bonds is 9. The lowest BCUT2D eigenvalue weighted by molar-refractivity contribution is -0.128. The molecular formula is C23H33IN4O. The standard InChI is InChI=1S/C23H32N4O.HI/c1-4-24-23(25-16-15-22(28)27(2)3)26-18-21(20-13-9-6-10-14-20)17-19-11-7-5-8-12-19;/h5-14,21H,4,15-18H2,1-3H3,(H2,24,25,26);1H. The lowest BCUT2D eigenvalue weighted by atomic mass is 9.92. The van der Waals surface area contributed by atoms with E-state index in [-0.39, 0.29) is 29.9 Å². The predicted octanol–water partition coefficient (Wildman–Crippen LogP) is 3.66. The third-order valence-corrected chi connectivity index (χ3v) is 4.54. The molecule has 0 fully saturated rings. The number of carbonyl (C=O) groups is 1. The molecule has 158 valence electrons.